The van der Waals surface area contributed by atoms with Crippen LogP contribution in [0.4, 0.5) is 0 Å². The van der Waals surface area contributed by atoms with E-state index in [0.29, 0.717) is 24.4 Å². The van der Waals surface area contributed by atoms with E-state index in [1.165, 1.54) is 12.3 Å². The van der Waals surface area contributed by atoms with Crippen LogP contribution < -0.4 is 5.32 Å². The van der Waals surface area contributed by atoms with Gasteiger partial charge in [-0.2, -0.15) is 0 Å². The maximum atomic E-state index is 12.0. The lowest BCUT2D eigenvalue weighted by molar-refractivity contribution is -0.153. The van der Waals surface area contributed by atoms with Gasteiger partial charge in [-0.1, -0.05) is 11.6 Å². The Morgan fingerprint density at radius 1 is 1.38 bits per heavy atom. The molecule has 1 saturated carbocycles. The van der Waals surface area contributed by atoms with E-state index in [2.05, 4.69) is 10.5 Å². The van der Waals surface area contributed by atoms with Crippen molar-refractivity contribution in [3.8, 4) is 11.5 Å². The van der Waals surface area contributed by atoms with Gasteiger partial charge >= 0.3 is 5.97 Å². The highest BCUT2D eigenvalue weighted by atomic mass is 16.5. The topological polar surface area (TPSA) is 106 Å². The number of aliphatic carboxylic acids is 1. The third kappa shape index (κ3) is 2.42. The highest BCUT2D eigenvalue weighted by Gasteiger charge is 2.44. The van der Waals surface area contributed by atoms with Gasteiger partial charge in [-0.3, -0.25) is 9.59 Å². The third-order valence-electron chi connectivity index (χ3n) is 3.86. The van der Waals surface area contributed by atoms with Gasteiger partial charge in [0.05, 0.1) is 11.7 Å². The SMILES string of the molecule is O=C(NCC1(C(=O)O)CCC1)c1cc(-c2ccco2)on1. The van der Waals surface area contributed by atoms with E-state index in [0.717, 1.165) is 6.42 Å². The van der Waals surface area contributed by atoms with Crippen molar-refractivity contribution in [2.75, 3.05) is 6.54 Å². The van der Waals surface area contributed by atoms with Gasteiger partial charge in [0.2, 0.25) is 5.76 Å². The molecule has 1 aliphatic rings. The highest BCUT2D eigenvalue weighted by Crippen LogP contribution is 2.40. The molecule has 2 N–H and O–H groups in total. The third-order valence-corrected chi connectivity index (χ3v) is 3.86. The monoisotopic (exact) mass is 290 g/mol. The first-order valence-corrected chi connectivity index (χ1v) is 6.63. The van der Waals surface area contributed by atoms with Crippen molar-refractivity contribution in [2.24, 2.45) is 5.41 Å². The zero-order chi connectivity index (χ0) is 14.9. The van der Waals surface area contributed by atoms with Crippen LogP contribution >= 0.6 is 0 Å². The molecule has 0 aliphatic heterocycles. The molecule has 3 rings (SSSR count). The second-order valence-electron chi connectivity index (χ2n) is 5.18. The van der Waals surface area contributed by atoms with Crippen molar-refractivity contribution >= 4 is 11.9 Å². The van der Waals surface area contributed by atoms with Gasteiger partial charge in [0, 0.05) is 12.6 Å². The number of rotatable bonds is 5. The largest absolute Gasteiger partial charge is 0.481 e. The van der Waals surface area contributed by atoms with Crippen LogP contribution in [-0.2, 0) is 4.79 Å². The van der Waals surface area contributed by atoms with E-state index < -0.39 is 17.3 Å². The molecular formula is C14H14N2O5. The van der Waals surface area contributed by atoms with Gasteiger partial charge in [-0.25, -0.2) is 0 Å². The van der Waals surface area contributed by atoms with E-state index in [1.54, 1.807) is 12.1 Å². The van der Waals surface area contributed by atoms with Gasteiger partial charge < -0.3 is 19.4 Å². The average Bonchev–Trinajstić information content (AvgIpc) is 3.07. The van der Waals surface area contributed by atoms with Crippen LogP contribution in [0.1, 0.15) is 29.8 Å². The first-order valence-electron chi connectivity index (χ1n) is 6.63. The van der Waals surface area contributed by atoms with Crippen molar-refractivity contribution in [3.05, 3.63) is 30.2 Å². The Labute approximate surface area is 119 Å². The van der Waals surface area contributed by atoms with Crippen molar-refractivity contribution in [1.29, 1.82) is 0 Å². The summed E-state index contributed by atoms with van der Waals surface area (Å²) in [4.78, 5) is 23.2. The van der Waals surface area contributed by atoms with Gasteiger partial charge in [0.15, 0.2) is 11.5 Å². The summed E-state index contributed by atoms with van der Waals surface area (Å²) in [5.41, 5.74) is -0.732. The molecule has 0 spiro atoms. The molecule has 110 valence electrons. The molecule has 1 aliphatic carbocycles. The predicted molar refractivity (Wildman–Crippen MR) is 70.5 cm³/mol. The second kappa shape index (κ2) is 5.08. The van der Waals surface area contributed by atoms with E-state index in [-0.39, 0.29) is 12.2 Å². The number of nitrogens with zero attached hydrogens (tertiary/aromatic N) is 1. The predicted octanol–water partition coefficient (Wildman–Crippen LogP) is 1.92. The summed E-state index contributed by atoms with van der Waals surface area (Å²) in [6.45, 7) is 0.101. The van der Waals surface area contributed by atoms with Gasteiger partial charge in [0.1, 0.15) is 0 Å². The standard InChI is InChI=1S/C14H14N2O5/c17-12(15-8-14(13(18)19)4-2-5-14)9-7-11(21-16-9)10-3-1-6-20-10/h1,3,6-7H,2,4-5,8H2,(H,15,17)(H,18,19). The van der Waals surface area contributed by atoms with Crippen LogP contribution in [0.5, 0.6) is 0 Å². The lowest BCUT2D eigenvalue weighted by atomic mass is 9.69. The normalized spacial score (nSPS) is 16.2. The molecule has 21 heavy (non-hydrogen) atoms. The lowest BCUT2D eigenvalue weighted by Crippen LogP contribution is -2.47. The first kappa shape index (κ1) is 13.4. The Hall–Kier alpha value is -2.57. The minimum Gasteiger partial charge on any atom is -0.481 e. The second-order valence-corrected chi connectivity index (χ2v) is 5.18. The number of carboxylic acid groups (broad SMARTS) is 1. The van der Waals surface area contributed by atoms with Crippen molar-refractivity contribution in [1.82, 2.24) is 10.5 Å². The van der Waals surface area contributed by atoms with E-state index >= 15 is 0 Å². The van der Waals surface area contributed by atoms with Crippen LogP contribution in [-0.4, -0.2) is 28.7 Å². The summed E-state index contributed by atoms with van der Waals surface area (Å²) >= 11 is 0. The van der Waals surface area contributed by atoms with Crippen molar-refractivity contribution in [3.63, 3.8) is 0 Å². The Balaban J connectivity index is 1.65. The number of carbonyl (C=O) groups is 2. The molecule has 2 aromatic rings. The molecule has 1 fully saturated rings. The van der Waals surface area contributed by atoms with E-state index in [1.807, 2.05) is 0 Å². The maximum absolute atomic E-state index is 12.0. The molecule has 1 amide bonds. The summed E-state index contributed by atoms with van der Waals surface area (Å²) in [7, 11) is 0. The summed E-state index contributed by atoms with van der Waals surface area (Å²) in [6.07, 6.45) is 3.53. The maximum Gasteiger partial charge on any atom is 0.311 e. The molecule has 0 bridgehead atoms. The minimum atomic E-state index is -0.870. The molecule has 0 saturated heterocycles. The fraction of sp³-hybridized carbons (Fsp3) is 0.357. The van der Waals surface area contributed by atoms with Crippen LogP contribution in [0.3, 0.4) is 0 Å². The molecule has 2 aromatic heterocycles. The van der Waals surface area contributed by atoms with Gasteiger partial charge in [-0.15, -0.1) is 0 Å². The number of aromatic nitrogens is 1. The highest BCUT2D eigenvalue weighted by molar-refractivity contribution is 5.93. The minimum absolute atomic E-state index is 0.0984. The van der Waals surface area contributed by atoms with Crippen LogP contribution in [0.15, 0.2) is 33.4 Å². The smallest absolute Gasteiger partial charge is 0.311 e. The Bertz CT molecular complexity index is 655. The Kier molecular flexibility index (Phi) is 3.25. The molecule has 2 heterocycles. The van der Waals surface area contributed by atoms with Crippen molar-refractivity contribution in [2.45, 2.75) is 19.3 Å². The van der Waals surface area contributed by atoms with E-state index in [4.69, 9.17) is 8.94 Å². The fourth-order valence-electron chi connectivity index (χ4n) is 2.33. The lowest BCUT2D eigenvalue weighted by Gasteiger charge is -2.37. The van der Waals surface area contributed by atoms with Gasteiger partial charge in [0.25, 0.3) is 5.91 Å². The zero-order valence-corrected chi connectivity index (χ0v) is 11.2. The Morgan fingerprint density at radius 3 is 2.76 bits per heavy atom. The summed E-state index contributed by atoms with van der Waals surface area (Å²) in [6, 6.07) is 4.85. The van der Waals surface area contributed by atoms with Crippen molar-refractivity contribution < 1.29 is 23.6 Å². The molecule has 7 nitrogen and oxygen atoms in total. The number of carboxylic acids is 1. The fourth-order valence-corrected chi connectivity index (χ4v) is 2.33. The Morgan fingerprint density at radius 2 is 2.19 bits per heavy atom. The van der Waals surface area contributed by atoms with Crippen LogP contribution in [0, 0.1) is 5.41 Å². The van der Waals surface area contributed by atoms with E-state index in [9.17, 15) is 14.7 Å². The number of furan rings is 1. The molecule has 0 aromatic carbocycles. The summed E-state index contributed by atoms with van der Waals surface area (Å²) < 4.78 is 10.2. The number of carbonyl (C=O) groups excluding carboxylic acids is 1. The molecule has 7 heteroatoms. The van der Waals surface area contributed by atoms with Crippen LogP contribution in [0.25, 0.3) is 11.5 Å². The van der Waals surface area contributed by atoms with Gasteiger partial charge in [-0.05, 0) is 25.0 Å². The summed E-state index contributed by atoms with van der Waals surface area (Å²) in [5.74, 6) is -0.501. The number of hydrogen-bond donors (Lipinski definition) is 2. The number of hydrogen-bond acceptors (Lipinski definition) is 5. The molecule has 0 unspecified atom stereocenters. The average molecular weight is 290 g/mol. The first-order chi connectivity index (χ1) is 10.1. The van der Waals surface area contributed by atoms with Crippen LogP contribution in [0.2, 0.25) is 0 Å². The molecule has 0 radical (unpaired) electrons. The number of amides is 1. The molecular weight excluding hydrogens is 276 g/mol. The number of nitrogens with one attached hydrogen (secondary N) is 1. The quantitative estimate of drug-likeness (QED) is 0.871. The summed E-state index contributed by atoms with van der Waals surface area (Å²) in [5, 5.41) is 15.5. The zero-order valence-electron chi connectivity index (χ0n) is 11.2. The molecule has 0 atom stereocenters.